The topological polar surface area (TPSA) is 66.8 Å². The van der Waals surface area contributed by atoms with Gasteiger partial charge in [-0.15, -0.1) is 0 Å². The first-order valence-corrected chi connectivity index (χ1v) is 11.3. The molecule has 0 spiro atoms. The average molecular weight is 407 g/mol. The van der Waals surface area contributed by atoms with Crippen LogP contribution in [-0.2, 0) is 9.53 Å². The Kier molecular flexibility index (Phi) is 7.78. The number of rotatable bonds is 7. The van der Waals surface area contributed by atoms with Gasteiger partial charge in [0.2, 0.25) is 0 Å². The summed E-state index contributed by atoms with van der Waals surface area (Å²) < 4.78 is 6.00. The van der Waals surface area contributed by atoms with Crippen LogP contribution in [0.2, 0.25) is 0 Å². The van der Waals surface area contributed by atoms with Crippen molar-refractivity contribution in [3.63, 3.8) is 0 Å². The van der Waals surface area contributed by atoms with Crippen LogP contribution in [0.4, 0.5) is 0 Å². The Morgan fingerprint density at radius 3 is 2.52 bits per heavy atom. The summed E-state index contributed by atoms with van der Waals surface area (Å²) in [4.78, 5) is 12.6. The number of allylic oxidation sites excluding steroid dienone is 2. The minimum atomic E-state index is -0.751. The maximum Gasteiger partial charge on any atom is 0.306 e. The molecule has 0 bridgehead atoms. The van der Waals surface area contributed by atoms with E-state index in [1.807, 2.05) is 33.8 Å². The van der Waals surface area contributed by atoms with Crippen LogP contribution < -0.4 is 0 Å². The van der Waals surface area contributed by atoms with Crippen LogP contribution in [0.5, 0.6) is 0 Å². The SMILES string of the molecule is CC1=C(CC/C(C)=C/CO)[C@@]2(C)CCCC(C)(C)[C@@H]2[C@H](OC(=O)CC(C)C)[C@H]1O. The summed E-state index contributed by atoms with van der Waals surface area (Å²) in [6.07, 6.45) is 6.03. The molecule has 0 aromatic carbocycles. The van der Waals surface area contributed by atoms with E-state index in [1.165, 1.54) is 11.1 Å². The highest BCUT2D eigenvalue weighted by Gasteiger charge is 2.57. The number of hydrogen-bond donors (Lipinski definition) is 2. The Morgan fingerprint density at radius 2 is 1.93 bits per heavy atom. The largest absolute Gasteiger partial charge is 0.459 e. The van der Waals surface area contributed by atoms with Crippen LogP contribution in [0, 0.1) is 22.7 Å². The zero-order valence-corrected chi connectivity index (χ0v) is 19.5. The van der Waals surface area contributed by atoms with Gasteiger partial charge in [0.1, 0.15) is 12.2 Å². The molecule has 0 saturated heterocycles. The van der Waals surface area contributed by atoms with Gasteiger partial charge >= 0.3 is 5.97 Å². The molecule has 166 valence electrons. The summed E-state index contributed by atoms with van der Waals surface area (Å²) in [7, 11) is 0. The molecule has 0 aromatic rings. The summed E-state index contributed by atoms with van der Waals surface area (Å²) in [5, 5.41) is 20.4. The fourth-order valence-electron chi connectivity index (χ4n) is 6.02. The van der Waals surface area contributed by atoms with Crippen LogP contribution >= 0.6 is 0 Å². The lowest BCUT2D eigenvalue weighted by atomic mass is 9.48. The van der Waals surface area contributed by atoms with E-state index in [1.54, 1.807) is 0 Å². The summed E-state index contributed by atoms with van der Waals surface area (Å²) in [5.74, 6) is 0.129. The molecule has 0 aromatic heterocycles. The van der Waals surface area contributed by atoms with E-state index >= 15 is 0 Å². The number of aliphatic hydroxyl groups is 2. The molecule has 2 aliphatic rings. The highest BCUT2D eigenvalue weighted by Crippen LogP contribution is 2.61. The standard InChI is InChI=1S/C25H42O4/c1-16(2)15-20(27)29-22-21(28)18(4)19(10-9-17(3)11-14-26)25(7)13-8-12-24(5,6)23(22)25/h11,16,21-23,26,28H,8-10,12-15H2,1-7H3/b17-11+/t21-,22+,23-,25+/m0/s1. The maximum atomic E-state index is 12.6. The summed E-state index contributed by atoms with van der Waals surface area (Å²) in [6.45, 7) is 15.0. The first-order valence-electron chi connectivity index (χ1n) is 11.3. The van der Waals surface area contributed by atoms with E-state index < -0.39 is 12.2 Å². The maximum absolute atomic E-state index is 12.6. The Labute approximate surface area is 177 Å². The summed E-state index contributed by atoms with van der Waals surface area (Å²) in [5.41, 5.74) is 3.36. The van der Waals surface area contributed by atoms with Gasteiger partial charge in [-0.25, -0.2) is 0 Å². The highest BCUT2D eigenvalue weighted by molar-refractivity contribution is 5.70. The van der Waals surface area contributed by atoms with Crippen molar-refractivity contribution in [2.45, 2.75) is 99.2 Å². The van der Waals surface area contributed by atoms with Crippen LogP contribution in [-0.4, -0.2) is 35.0 Å². The number of aliphatic hydroxyl groups excluding tert-OH is 2. The van der Waals surface area contributed by atoms with Gasteiger partial charge in [0.25, 0.3) is 0 Å². The van der Waals surface area contributed by atoms with Crippen molar-refractivity contribution in [3.05, 3.63) is 22.8 Å². The van der Waals surface area contributed by atoms with Gasteiger partial charge in [-0.3, -0.25) is 4.79 Å². The van der Waals surface area contributed by atoms with Gasteiger partial charge in [0.05, 0.1) is 6.61 Å². The van der Waals surface area contributed by atoms with E-state index in [9.17, 15) is 15.0 Å². The Bertz CT molecular complexity index is 658. The molecule has 0 amide bonds. The molecule has 4 heteroatoms. The monoisotopic (exact) mass is 406 g/mol. The van der Waals surface area contributed by atoms with Crippen molar-refractivity contribution in [3.8, 4) is 0 Å². The second-order valence-electron chi connectivity index (χ2n) is 10.6. The third kappa shape index (κ3) is 5.14. The first kappa shape index (κ1) is 24.1. The molecule has 0 aliphatic heterocycles. The molecule has 1 saturated carbocycles. The molecule has 2 N–H and O–H groups in total. The average Bonchev–Trinajstić information content (AvgIpc) is 2.57. The Balaban J connectivity index is 2.44. The molecule has 0 unspecified atom stereocenters. The van der Waals surface area contributed by atoms with Crippen molar-refractivity contribution in [2.75, 3.05) is 6.61 Å². The Hall–Kier alpha value is -1.13. The van der Waals surface area contributed by atoms with Crippen molar-refractivity contribution >= 4 is 5.97 Å². The van der Waals surface area contributed by atoms with Crippen molar-refractivity contribution in [1.82, 2.24) is 0 Å². The molecule has 1 fully saturated rings. The number of carbonyl (C=O) groups is 1. The zero-order valence-electron chi connectivity index (χ0n) is 19.5. The second kappa shape index (κ2) is 9.34. The van der Waals surface area contributed by atoms with E-state index in [-0.39, 0.29) is 35.2 Å². The number of esters is 1. The quantitative estimate of drug-likeness (QED) is 0.451. The van der Waals surface area contributed by atoms with Gasteiger partial charge in [-0.05, 0) is 61.9 Å². The Morgan fingerprint density at radius 1 is 1.28 bits per heavy atom. The highest BCUT2D eigenvalue weighted by atomic mass is 16.6. The van der Waals surface area contributed by atoms with Gasteiger partial charge in [-0.2, -0.15) is 0 Å². The van der Waals surface area contributed by atoms with Gasteiger partial charge in [-0.1, -0.05) is 58.3 Å². The molecule has 0 heterocycles. The lowest BCUT2D eigenvalue weighted by Gasteiger charge is -2.58. The van der Waals surface area contributed by atoms with E-state index in [4.69, 9.17) is 4.74 Å². The minimum absolute atomic E-state index is 0.0152. The predicted octanol–water partition coefficient (Wildman–Crippen LogP) is 5.19. The van der Waals surface area contributed by atoms with Gasteiger partial charge in [0, 0.05) is 12.3 Å². The first-order chi connectivity index (χ1) is 13.4. The fraction of sp³-hybridized carbons (Fsp3) is 0.800. The van der Waals surface area contributed by atoms with Crippen molar-refractivity contribution in [1.29, 1.82) is 0 Å². The second-order valence-corrected chi connectivity index (χ2v) is 10.6. The van der Waals surface area contributed by atoms with E-state index in [2.05, 4.69) is 20.8 Å². The van der Waals surface area contributed by atoms with E-state index in [0.29, 0.717) is 6.42 Å². The molecule has 0 radical (unpaired) electrons. The van der Waals surface area contributed by atoms with Gasteiger partial charge in [0.15, 0.2) is 0 Å². The molecule has 2 aliphatic carbocycles. The number of ether oxygens (including phenoxy) is 1. The van der Waals surface area contributed by atoms with Crippen LogP contribution in [0.1, 0.15) is 87.0 Å². The van der Waals surface area contributed by atoms with Crippen LogP contribution in [0.25, 0.3) is 0 Å². The molecular weight excluding hydrogens is 364 g/mol. The fourth-order valence-corrected chi connectivity index (χ4v) is 6.02. The number of carbonyl (C=O) groups excluding carboxylic acids is 1. The smallest absolute Gasteiger partial charge is 0.306 e. The summed E-state index contributed by atoms with van der Waals surface area (Å²) in [6, 6.07) is 0. The number of fused-ring (bicyclic) bond motifs is 1. The third-order valence-corrected chi connectivity index (χ3v) is 7.35. The predicted molar refractivity (Wildman–Crippen MR) is 117 cm³/mol. The van der Waals surface area contributed by atoms with Gasteiger partial charge < -0.3 is 14.9 Å². The molecule has 4 atom stereocenters. The lowest BCUT2D eigenvalue weighted by Crippen LogP contribution is -2.58. The zero-order chi connectivity index (χ0) is 22.0. The van der Waals surface area contributed by atoms with Crippen molar-refractivity contribution in [2.24, 2.45) is 22.7 Å². The molecule has 2 rings (SSSR count). The third-order valence-electron chi connectivity index (χ3n) is 7.35. The normalized spacial score (nSPS) is 32.3. The van der Waals surface area contributed by atoms with Crippen LogP contribution in [0.15, 0.2) is 22.8 Å². The van der Waals surface area contributed by atoms with E-state index in [0.717, 1.165) is 37.7 Å². The van der Waals surface area contributed by atoms with Crippen molar-refractivity contribution < 1.29 is 19.7 Å². The molecular formula is C25H42O4. The summed E-state index contributed by atoms with van der Waals surface area (Å²) >= 11 is 0. The van der Waals surface area contributed by atoms with Crippen LogP contribution in [0.3, 0.4) is 0 Å². The molecule has 29 heavy (non-hydrogen) atoms. The molecule has 4 nitrogen and oxygen atoms in total. The minimum Gasteiger partial charge on any atom is -0.459 e. The lowest BCUT2D eigenvalue weighted by molar-refractivity contribution is -0.176. The number of hydrogen-bond acceptors (Lipinski definition) is 4.